The van der Waals surface area contributed by atoms with Crippen LogP contribution in [0.25, 0.3) is 0 Å². The van der Waals surface area contributed by atoms with Crippen LogP contribution in [-0.2, 0) is 21.9 Å². The maximum Gasteiger partial charge on any atom is 0.445 e. The summed E-state index contributed by atoms with van der Waals surface area (Å²) in [7, 11) is 0. The Bertz CT molecular complexity index is 719. The van der Waals surface area contributed by atoms with Crippen molar-refractivity contribution in [2.24, 2.45) is 9.98 Å². The van der Waals surface area contributed by atoms with Gasteiger partial charge in [-0.15, -0.1) is 30.4 Å². The van der Waals surface area contributed by atoms with Gasteiger partial charge < -0.3 is 0 Å². The van der Waals surface area contributed by atoms with E-state index in [4.69, 9.17) is 0 Å². The average molecular weight is 390 g/mol. The molecule has 0 saturated heterocycles. The van der Waals surface area contributed by atoms with Gasteiger partial charge in [0.15, 0.2) is 0 Å². The molecule has 2 rings (SSSR count). The molecule has 0 fully saturated rings. The largest absolute Gasteiger partial charge is 0.445 e. The van der Waals surface area contributed by atoms with Crippen molar-refractivity contribution < 1.29 is 35.9 Å². The van der Waals surface area contributed by atoms with E-state index in [0.29, 0.717) is 0 Å². The normalized spacial score (nSPS) is 10.9. The Labute approximate surface area is 134 Å². The third-order valence-electron chi connectivity index (χ3n) is 1.60. The van der Waals surface area contributed by atoms with Crippen molar-refractivity contribution in [3.8, 4) is 0 Å². The van der Waals surface area contributed by atoms with Crippen LogP contribution < -0.4 is 0 Å². The summed E-state index contributed by atoms with van der Waals surface area (Å²) >= 11 is 0.376. The molecule has 0 atom stereocenters. The van der Waals surface area contributed by atoms with Crippen molar-refractivity contribution in [3.05, 3.63) is 10.0 Å². The van der Waals surface area contributed by atoms with E-state index in [1.165, 1.54) is 0 Å². The van der Waals surface area contributed by atoms with Gasteiger partial charge in [-0.2, -0.15) is 26.3 Å². The molecule has 0 radical (unpaired) electrons. The van der Waals surface area contributed by atoms with Gasteiger partial charge in [-0.25, -0.2) is 9.59 Å². The molecule has 0 bridgehead atoms. The van der Waals surface area contributed by atoms with Crippen LogP contribution >= 0.6 is 22.7 Å². The average Bonchev–Trinajstić information content (AvgIpc) is 3.08. The van der Waals surface area contributed by atoms with E-state index in [0.717, 1.165) is 12.2 Å². The lowest BCUT2D eigenvalue weighted by Crippen LogP contribution is -2.03. The molecule has 0 aliphatic heterocycles. The molecule has 0 unspecified atom stereocenters. The van der Waals surface area contributed by atoms with Crippen LogP contribution in [0.3, 0.4) is 0 Å². The summed E-state index contributed by atoms with van der Waals surface area (Å²) in [6.45, 7) is 0. The number of halogens is 6. The van der Waals surface area contributed by atoms with Crippen LogP contribution in [0, 0.1) is 0 Å². The summed E-state index contributed by atoms with van der Waals surface area (Å²) in [6.07, 6.45) is -6.94. The van der Waals surface area contributed by atoms with Crippen molar-refractivity contribution in [3.63, 3.8) is 0 Å². The summed E-state index contributed by atoms with van der Waals surface area (Å²) in [5.41, 5.74) is 0. The predicted molar refractivity (Wildman–Crippen MR) is 65.4 cm³/mol. The Hall–Kier alpha value is -2.54. The molecule has 2 aromatic rings. The maximum absolute atomic E-state index is 11.8. The van der Waals surface area contributed by atoms with Crippen molar-refractivity contribution in [2.45, 2.75) is 12.4 Å². The van der Waals surface area contributed by atoms with E-state index >= 15 is 0 Å². The zero-order valence-corrected chi connectivity index (χ0v) is 12.2. The van der Waals surface area contributed by atoms with Gasteiger partial charge in [0, 0.05) is 0 Å². The molecule has 0 aliphatic carbocycles. The summed E-state index contributed by atoms with van der Waals surface area (Å²) in [6, 6.07) is 0. The highest BCUT2D eigenvalue weighted by atomic mass is 32.1. The molecule has 0 N–H and O–H groups in total. The Morgan fingerprint density at radius 3 is 1.25 bits per heavy atom. The second-order valence-corrected chi connectivity index (χ2v) is 5.09. The summed E-state index contributed by atoms with van der Waals surface area (Å²) in [5.74, 6) is 0. The van der Waals surface area contributed by atoms with Crippen LogP contribution in [0.4, 0.5) is 36.6 Å². The SMILES string of the molecule is O=C=Nc1nnc(C(F)(F)F)s1.O=C=Nc1nnc(C(F)(F)F)s1. The highest BCUT2D eigenvalue weighted by Crippen LogP contribution is 2.34. The molecule has 8 nitrogen and oxygen atoms in total. The molecule has 128 valence electrons. The standard InChI is InChI=1S/2C4F3N3OS/c2*5-4(6,7)2-9-10-3(12-2)8-1-11. The van der Waals surface area contributed by atoms with E-state index in [-0.39, 0.29) is 32.9 Å². The van der Waals surface area contributed by atoms with Gasteiger partial charge in [0.25, 0.3) is 0 Å². The number of rotatable bonds is 2. The van der Waals surface area contributed by atoms with Crippen LogP contribution in [-0.4, -0.2) is 32.6 Å². The van der Waals surface area contributed by atoms with E-state index in [9.17, 15) is 35.9 Å². The second-order valence-electron chi connectivity index (χ2n) is 3.18. The first-order valence-electron chi connectivity index (χ1n) is 5.05. The number of hydrogen-bond acceptors (Lipinski definition) is 10. The number of nitrogens with zero attached hydrogens (tertiary/aromatic N) is 6. The second kappa shape index (κ2) is 7.83. The Kier molecular flexibility index (Phi) is 6.36. The predicted octanol–water partition coefficient (Wildman–Crippen LogP) is 3.05. The minimum Gasteiger partial charge on any atom is -0.211 e. The highest BCUT2D eigenvalue weighted by Gasteiger charge is 2.36. The monoisotopic (exact) mass is 390 g/mol. The Balaban J connectivity index is 0.000000240. The Morgan fingerprint density at radius 1 is 0.708 bits per heavy atom. The van der Waals surface area contributed by atoms with Crippen LogP contribution in [0.15, 0.2) is 9.98 Å². The number of aromatic nitrogens is 4. The number of carbonyl (C=O) groups excluding carboxylic acids is 2. The summed E-state index contributed by atoms with van der Waals surface area (Å²) in [4.78, 5) is 25.0. The molecule has 0 amide bonds. The van der Waals surface area contributed by atoms with Crippen LogP contribution in [0.1, 0.15) is 10.0 Å². The zero-order chi connectivity index (χ0) is 18.4. The number of hydrogen-bond donors (Lipinski definition) is 0. The molecular formula is C8F6N6O2S2. The molecule has 0 spiro atoms. The van der Waals surface area contributed by atoms with Gasteiger partial charge in [0.05, 0.1) is 0 Å². The fourth-order valence-electron chi connectivity index (χ4n) is 0.829. The molecular weight excluding hydrogens is 390 g/mol. The number of aliphatic imine (C=N–C) groups is 2. The Morgan fingerprint density at radius 2 is 1.04 bits per heavy atom. The first kappa shape index (κ1) is 19.5. The molecule has 0 aromatic carbocycles. The number of alkyl halides is 6. The minimum atomic E-state index is -4.53. The summed E-state index contributed by atoms with van der Waals surface area (Å²) in [5, 5.41) is 8.58. The quantitative estimate of drug-likeness (QED) is 0.443. The third kappa shape index (κ3) is 5.92. The van der Waals surface area contributed by atoms with Crippen molar-refractivity contribution in [1.29, 1.82) is 0 Å². The number of isocyanates is 2. The van der Waals surface area contributed by atoms with E-state index in [1.54, 1.807) is 0 Å². The van der Waals surface area contributed by atoms with Gasteiger partial charge in [0.2, 0.25) is 32.4 Å². The molecule has 2 aromatic heterocycles. The van der Waals surface area contributed by atoms with Gasteiger partial charge in [0.1, 0.15) is 0 Å². The molecule has 2 heterocycles. The van der Waals surface area contributed by atoms with Gasteiger partial charge in [-0.3, -0.25) is 0 Å². The van der Waals surface area contributed by atoms with Crippen LogP contribution in [0.2, 0.25) is 0 Å². The first-order valence-corrected chi connectivity index (χ1v) is 6.68. The molecule has 0 saturated carbocycles. The topological polar surface area (TPSA) is 110 Å². The lowest BCUT2D eigenvalue weighted by Gasteiger charge is -1.96. The maximum atomic E-state index is 11.8. The van der Waals surface area contributed by atoms with Crippen molar-refractivity contribution >= 4 is 45.1 Å². The molecule has 0 aliphatic rings. The zero-order valence-electron chi connectivity index (χ0n) is 10.6. The van der Waals surface area contributed by atoms with Crippen LogP contribution in [0.5, 0.6) is 0 Å². The van der Waals surface area contributed by atoms with Gasteiger partial charge in [-0.1, -0.05) is 22.7 Å². The third-order valence-corrected chi connectivity index (χ3v) is 3.32. The highest BCUT2D eigenvalue weighted by molar-refractivity contribution is 7.15. The van der Waals surface area contributed by atoms with E-state index in [2.05, 4.69) is 30.4 Å². The van der Waals surface area contributed by atoms with Crippen molar-refractivity contribution in [2.75, 3.05) is 0 Å². The lowest BCUT2D eigenvalue weighted by molar-refractivity contribution is -0.138. The minimum absolute atomic E-state index is 0.188. The fraction of sp³-hybridized carbons (Fsp3) is 0.250. The summed E-state index contributed by atoms with van der Waals surface area (Å²) < 4.78 is 70.9. The molecule has 16 heteroatoms. The van der Waals surface area contributed by atoms with Crippen molar-refractivity contribution in [1.82, 2.24) is 20.4 Å². The first-order chi connectivity index (χ1) is 11.1. The fourth-order valence-corrected chi connectivity index (χ4v) is 1.90. The van der Waals surface area contributed by atoms with Gasteiger partial charge >= 0.3 is 12.4 Å². The van der Waals surface area contributed by atoms with E-state index in [1.807, 2.05) is 0 Å². The van der Waals surface area contributed by atoms with E-state index < -0.39 is 22.4 Å². The molecule has 24 heavy (non-hydrogen) atoms. The van der Waals surface area contributed by atoms with Gasteiger partial charge in [-0.05, 0) is 0 Å². The lowest BCUT2D eigenvalue weighted by atomic mass is 10.7. The smallest absolute Gasteiger partial charge is 0.211 e.